The second kappa shape index (κ2) is 6.07. The summed E-state index contributed by atoms with van der Waals surface area (Å²) in [7, 11) is 1.71. The molecule has 0 spiro atoms. The number of carbonyl (C=O) groups is 1. The van der Waals surface area contributed by atoms with Gasteiger partial charge < -0.3 is 10.4 Å². The first kappa shape index (κ1) is 14.6. The Labute approximate surface area is 122 Å². The van der Waals surface area contributed by atoms with Crippen LogP contribution in [0.25, 0.3) is 0 Å². The molecule has 1 aromatic carbocycles. The van der Waals surface area contributed by atoms with E-state index in [1.807, 2.05) is 6.92 Å². The number of nitrogens with zero attached hydrogens (tertiary/aromatic N) is 2. The van der Waals surface area contributed by atoms with Crippen molar-refractivity contribution in [2.75, 3.05) is 6.54 Å². The van der Waals surface area contributed by atoms with Gasteiger partial charge in [0.25, 0.3) is 5.91 Å². The zero-order chi connectivity index (χ0) is 14.7. The molecular weight excluding hydrogens is 278 g/mol. The monoisotopic (exact) mass is 293 g/mol. The third-order valence-corrected chi connectivity index (χ3v) is 3.20. The van der Waals surface area contributed by atoms with Crippen molar-refractivity contribution in [1.82, 2.24) is 15.1 Å². The minimum Gasteiger partial charge on any atom is -0.387 e. The maximum atomic E-state index is 12.0. The first-order valence-electron chi connectivity index (χ1n) is 6.19. The van der Waals surface area contributed by atoms with Crippen molar-refractivity contribution < 1.29 is 9.90 Å². The summed E-state index contributed by atoms with van der Waals surface area (Å²) in [6.07, 6.45) is -0.773. The Morgan fingerprint density at radius 3 is 2.65 bits per heavy atom. The van der Waals surface area contributed by atoms with Crippen LogP contribution in [0.2, 0.25) is 5.02 Å². The van der Waals surface area contributed by atoms with Crippen LogP contribution < -0.4 is 5.32 Å². The number of rotatable bonds is 4. The number of carbonyl (C=O) groups excluding carboxylic acids is 1. The maximum Gasteiger partial charge on any atom is 0.269 e. The van der Waals surface area contributed by atoms with E-state index < -0.39 is 6.10 Å². The lowest BCUT2D eigenvalue weighted by Gasteiger charge is -2.12. The van der Waals surface area contributed by atoms with E-state index in [4.69, 9.17) is 11.6 Å². The molecule has 106 valence electrons. The van der Waals surface area contributed by atoms with E-state index in [1.165, 1.54) is 4.68 Å². The lowest BCUT2D eigenvalue weighted by Crippen LogP contribution is -2.29. The Morgan fingerprint density at radius 2 is 2.10 bits per heavy atom. The Bertz CT molecular complexity index is 607. The van der Waals surface area contributed by atoms with Gasteiger partial charge in [0.05, 0.1) is 11.8 Å². The van der Waals surface area contributed by atoms with Crippen LogP contribution in [-0.4, -0.2) is 27.3 Å². The van der Waals surface area contributed by atoms with Crippen molar-refractivity contribution in [3.8, 4) is 0 Å². The van der Waals surface area contributed by atoms with Crippen molar-refractivity contribution in [3.63, 3.8) is 0 Å². The van der Waals surface area contributed by atoms with Gasteiger partial charge in [0.15, 0.2) is 0 Å². The van der Waals surface area contributed by atoms with E-state index in [2.05, 4.69) is 10.4 Å². The molecule has 0 aliphatic carbocycles. The molecule has 0 fully saturated rings. The van der Waals surface area contributed by atoms with Crippen LogP contribution in [0.15, 0.2) is 30.3 Å². The molecule has 2 aromatic rings. The highest BCUT2D eigenvalue weighted by atomic mass is 35.5. The number of amides is 1. The topological polar surface area (TPSA) is 67.2 Å². The molecule has 1 amide bonds. The number of halogens is 1. The van der Waals surface area contributed by atoms with E-state index in [-0.39, 0.29) is 12.5 Å². The van der Waals surface area contributed by atoms with Crippen LogP contribution in [0.3, 0.4) is 0 Å². The fourth-order valence-electron chi connectivity index (χ4n) is 1.91. The van der Waals surface area contributed by atoms with Gasteiger partial charge in [0, 0.05) is 18.6 Å². The molecule has 2 rings (SSSR count). The maximum absolute atomic E-state index is 12.0. The number of aryl methyl sites for hydroxylation is 2. The first-order valence-corrected chi connectivity index (χ1v) is 6.57. The fraction of sp³-hybridized carbons (Fsp3) is 0.286. The Kier molecular flexibility index (Phi) is 4.42. The van der Waals surface area contributed by atoms with E-state index in [0.29, 0.717) is 16.3 Å². The summed E-state index contributed by atoms with van der Waals surface area (Å²) < 4.78 is 1.51. The molecule has 5 nitrogen and oxygen atoms in total. The second-order valence-corrected chi connectivity index (χ2v) is 5.01. The SMILES string of the molecule is Cc1cc(C(=O)NCC(O)c2ccc(Cl)cc2)n(C)n1. The summed E-state index contributed by atoms with van der Waals surface area (Å²) in [5.74, 6) is -0.263. The zero-order valence-electron chi connectivity index (χ0n) is 11.3. The van der Waals surface area contributed by atoms with E-state index in [0.717, 1.165) is 5.69 Å². The molecule has 0 aliphatic heterocycles. The predicted octanol–water partition coefficient (Wildman–Crippen LogP) is 1.85. The quantitative estimate of drug-likeness (QED) is 0.904. The second-order valence-electron chi connectivity index (χ2n) is 4.57. The number of hydrogen-bond acceptors (Lipinski definition) is 3. The molecule has 0 radical (unpaired) electrons. The van der Waals surface area contributed by atoms with Crippen LogP contribution in [-0.2, 0) is 7.05 Å². The average Bonchev–Trinajstić information content (AvgIpc) is 2.75. The molecule has 0 saturated heterocycles. The van der Waals surface area contributed by atoms with Gasteiger partial charge in [0.1, 0.15) is 5.69 Å². The Balaban J connectivity index is 1.96. The lowest BCUT2D eigenvalue weighted by molar-refractivity contribution is 0.0907. The number of aromatic nitrogens is 2. The van der Waals surface area contributed by atoms with Crippen LogP contribution >= 0.6 is 11.6 Å². The molecule has 2 N–H and O–H groups in total. The van der Waals surface area contributed by atoms with Gasteiger partial charge in [-0.25, -0.2) is 0 Å². The van der Waals surface area contributed by atoms with Crippen molar-refractivity contribution in [1.29, 1.82) is 0 Å². The first-order chi connectivity index (χ1) is 9.47. The summed E-state index contributed by atoms with van der Waals surface area (Å²) in [6.45, 7) is 1.95. The highest BCUT2D eigenvalue weighted by Crippen LogP contribution is 2.15. The van der Waals surface area contributed by atoms with Gasteiger partial charge in [-0.15, -0.1) is 0 Å². The summed E-state index contributed by atoms with van der Waals surface area (Å²) in [5.41, 5.74) is 1.94. The van der Waals surface area contributed by atoms with Crippen LogP contribution in [0.1, 0.15) is 27.8 Å². The van der Waals surface area contributed by atoms with Crippen molar-refractivity contribution in [2.24, 2.45) is 7.05 Å². The smallest absolute Gasteiger partial charge is 0.269 e. The minimum atomic E-state index is -0.773. The molecule has 1 atom stereocenters. The molecule has 6 heteroatoms. The average molecular weight is 294 g/mol. The Morgan fingerprint density at radius 1 is 1.45 bits per heavy atom. The molecule has 20 heavy (non-hydrogen) atoms. The number of aliphatic hydroxyl groups excluding tert-OH is 1. The van der Waals surface area contributed by atoms with Crippen molar-refractivity contribution in [2.45, 2.75) is 13.0 Å². The highest BCUT2D eigenvalue weighted by molar-refractivity contribution is 6.30. The minimum absolute atomic E-state index is 0.130. The zero-order valence-corrected chi connectivity index (χ0v) is 12.1. The summed E-state index contributed by atoms with van der Waals surface area (Å²) in [4.78, 5) is 12.0. The lowest BCUT2D eigenvalue weighted by atomic mass is 10.1. The largest absolute Gasteiger partial charge is 0.387 e. The van der Waals surface area contributed by atoms with E-state index >= 15 is 0 Å². The number of aliphatic hydroxyl groups is 1. The van der Waals surface area contributed by atoms with Crippen molar-refractivity contribution >= 4 is 17.5 Å². The Hall–Kier alpha value is -1.85. The van der Waals surface area contributed by atoms with Gasteiger partial charge in [-0.3, -0.25) is 9.48 Å². The summed E-state index contributed by atoms with van der Waals surface area (Å²) >= 11 is 5.78. The van der Waals surface area contributed by atoms with Crippen LogP contribution in [0, 0.1) is 6.92 Å². The molecule has 0 bridgehead atoms. The molecule has 1 unspecified atom stereocenters. The van der Waals surface area contributed by atoms with E-state index in [9.17, 15) is 9.90 Å². The van der Waals surface area contributed by atoms with Gasteiger partial charge in [-0.05, 0) is 30.7 Å². The number of nitrogens with one attached hydrogen (secondary N) is 1. The number of hydrogen-bond donors (Lipinski definition) is 2. The van der Waals surface area contributed by atoms with Crippen molar-refractivity contribution in [3.05, 3.63) is 52.3 Å². The van der Waals surface area contributed by atoms with Crippen LogP contribution in [0.5, 0.6) is 0 Å². The van der Waals surface area contributed by atoms with Gasteiger partial charge >= 0.3 is 0 Å². The van der Waals surface area contributed by atoms with E-state index in [1.54, 1.807) is 37.4 Å². The molecule has 0 saturated carbocycles. The molecule has 0 aliphatic rings. The molecular formula is C14H16ClN3O2. The normalized spacial score (nSPS) is 12.2. The predicted molar refractivity (Wildman–Crippen MR) is 76.7 cm³/mol. The van der Waals surface area contributed by atoms with Gasteiger partial charge in [-0.2, -0.15) is 5.10 Å². The third kappa shape index (κ3) is 3.37. The summed E-state index contributed by atoms with van der Waals surface area (Å²) in [5, 5.41) is 17.4. The van der Waals surface area contributed by atoms with Gasteiger partial charge in [0.2, 0.25) is 0 Å². The van der Waals surface area contributed by atoms with Crippen LogP contribution in [0.4, 0.5) is 0 Å². The number of benzene rings is 1. The fourth-order valence-corrected chi connectivity index (χ4v) is 2.03. The van der Waals surface area contributed by atoms with Gasteiger partial charge in [-0.1, -0.05) is 23.7 Å². The summed E-state index contributed by atoms with van der Waals surface area (Å²) in [6, 6.07) is 8.56. The molecule has 1 heterocycles. The third-order valence-electron chi connectivity index (χ3n) is 2.95. The standard InChI is InChI=1S/C14H16ClN3O2/c1-9-7-12(18(2)17-9)14(20)16-8-13(19)10-3-5-11(15)6-4-10/h3-7,13,19H,8H2,1-2H3,(H,16,20). The molecule has 1 aromatic heterocycles. The highest BCUT2D eigenvalue weighted by Gasteiger charge is 2.14.